The highest BCUT2D eigenvalue weighted by Crippen LogP contribution is 2.30. The van der Waals surface area contributed by atoms with Crippen molar-refractivity contribution < 1.29 is 22.7 Å². The molecule has 0 unspecified atom stereocenters. The molecule has 30 heavy (non-hydrogen) atoms. The standard InChI is InChI=1S/C19H15ClF3N3O3S/c1-2-26-17(28)12-5-3-10(7-13(12)25-18(26)30)16(27)24-14-8-11(20)4-6-15(14)29-9-19(21,22)23/h3-8H,2,9H2,1H3,(H,24,27)(H,25,30). The van der Waals surface area contributed by atoms with Crippen molar-refractivity contribution >= 4 is 46.3 Å². The molecule has 11 heteroatoms. The van der Waals surface area contributed by atoms with Crippen LogP contribution >= 0.6 is 23.8 Å². The first-order chi connectivity index (χ1) is 14.1. The Morgan fingerprint density at radius 2 is 2.00 bits per heavy atom. The lowest BCUT2D eigenvalue weighted by molar-refractivity contribution is -0.153. The van der Waals surface area contributed by atoms with E-state index < -0.39 is 18.7 Å². The fourth-order valence-corrected chi connectivity index (χ4v) is 3.26. The van der Waals surface area contributed by atoms with Gasteiger partial charge >= 0.3 is 6.18 Å². The number of fused-ring (bicyclic) bond motifs is 1. The van der Waals surface area contributed by atoms with Crippen LogP contribution in [-0.2, 0) is 6.54 Å². The summed E-state index contributed by atoms with van der Waals surface area (Å²) in [7, 11) is 0. The first-order valence-corrected chi connectivity index (χ1v) is 9.45. The number of benzene rings is 2. The minimum Gasteiger partial charge on any atom is -0.482 e. The summed E-state index contributed by atoms with van der Waals surface area (Å²) >= 11 is 11.0. The van der Waals surface area contributed by atoms with E-state index in [9.17, 15) is 22.8 Å². The first-order valence-electron chi connectivity index (χ1n) is 8.66. The predicted octanol–water partition coefficient (Wildman–Crippen LogP) is 4.93. The van der Waals surface area contributed by atoms with Crippen LogP contribution in [0.2, 0.25) is 5.02 Å². The Morgan fingerprint density at radius 3 is 2.67 bits per heavy atom. The van der Waals surface area contributed by atoms with Gasteiger partial charge in [-0.1, -0.05) is 11.6 Å². The quantitative estimate of drug-likeness (QED) is 0.533. The topological polar surface area (TPSA) is 76.1 Å². The molecule has 0 aliphatic rings. The number of carbonyl (C=O) groups is 1. The summed E-state index contributed by atoms with van der Waals surface area (Å²) < 4.78 is 43.8. The van der Waals surface area contributed by atoms with Gasteiger partial charge in [-0.15, -0.1) is 0 Å². The van der Waals surface area contributed by atoms with E-state index in [2.05, 4.69) is 10.3 Å². The third-order valence-electron chi connectivity index (χ3n) is 4.14. The number of hydrogen-bond donors (Lipinski definition) is 2. The van der Waals surface area contributed by atoms with Gasteiger partial charge in [0.2, 0.25) is 0 Å². The number of halogens is 4. The van der Waals surface area contributed by atoms with Crippen molar-refractivity contribution in [3.05, 3.63) is 62.1 Å². The Bertz CT molecular complexity index is 1240. The summed E-state index contributed by atoms with van der Waals surface area (Å²) in [4.78, 5) is 28.0. The number of aromatic nitrogens is 2. The zero-order valence-corrected chi connectivity index (χ0v) is 17.0. The molecule has 3 rings (SSSR count). The Labute approximate surface area is 178 Å². The Kier molecular flexibility index (Phi) is 6.18. The van der Waals surface area contributed by atoms with Crippen molar-refractivity contribution in [2.75, 3.05) is 11.9 Å². The van der Waals surface area contributed by atoms with Crippen LogP contribution in [0.25, 0.3) is 10.9 Å². The molecule has 158 valence electrons. The van der Waals surface area contributed by atoms with Gasteiger partial charge in [0.05, 0.1) is 16.6 Å². The molecule has 0 aliphatic heterocycles. The fourth-order valence-electron chi connectivity index (χ4n) is 2.76. The van der Waals surface area contributed by atoms with E-state index in [1.165, 1.54) is 41.0 Å². The van der Waals surface area contributed by atoms with Gasteiger partial charge in [0.25, 0.3) is 11.5 Å². The van der Waals surface area contributed by atoms with Crippen LogP contribution in [0.5, 0.6) is 5.75 Å². The van der Waals surface area contributed by atoms with Crippen molar-refractivity contribution in [1.29, 1.82) is 0 Å². The number of rotatable bonds is 5. The van der Waals surface area contributed by atoms with E-state index in [-0.39, 0.29) is 32.4 Å². The van der Waals surface area contributed by atoms with Crippen molar-refractivity contribution in [1.82, 2.24) is 9.55 Å². The van der Waals surface area contributed by atoms with Crippen LogP contribution in [0, 0.1) is 4.77 Å². The second-order valence-electron chi connectivity index (χ2n) is 6.24. The number of aromatic amines is 1. The number of carbonyl (C=O) groups excluding carboxylic acids is 1. The Morgan fingerprint density at radius 1 is 1.27 bits per heavy atom. The minimum atomic E-state index is -4.54. The van der Waals surface area contributed by atoms with E-state index in [1.807, 2.05) is 0 Å². The maximum absolute atomic E-state index is 12.7. The SMILES string of the molecule is CCn1c(=S)[nH]c2cc(C(=O)Nc3cc(Cl)ccc3OCC(F)(F)F)ccc2c1=O. The summed E-state index contributed by atoms with van der Waals surface area (Å²) in [5.41, 5.74) is 0.206. The molecule has 0 bridgehead atoms. The van der Waals surface area contributed by atoms with Gasteiger partial charge in [-0.25, -0.2) is 0 Å². The monoisotopic (exact) mass is 457 g/mol. The van der Waals surface area contributed by atoms with E-state index in [0.717, 1.165) is 0 Å². The van der Waals surface area contributed by atoms with Gasteiger partial charge in [0.15, 0.2) is 11.4 Å². The summed E-state index contributed by atoms with van der Waals surface area (Å²) in [5.74, 6) is -0.814. The van der Waals surface area contributed by atoms with Gasteiger partial charge in [0, 0.05) is 17.1 Å². The zero-order chi connectivity index (χ0) is 22.1. The van der Waals surface area contributed by atoms with Gasteiger partial charge in [-0.05, 0) is 55.5 Å². The summed E-state index contributed by atoms with van der Waals surface area (Å²) in [6.07, 6.45) is -4.54. The highest BCUT2D eigenvalue weighted by Gasteiger charge is 2.29. The molecule has 0 spiro atoms. The largest absolute Gasteiger partial charge is 0.482 e. The van der Waals surface area contributed by atoms with Crippen molar-refractivity contribution in [3.8, 4) is 5.75 Å². The molecular weight excluding hydrogens is 443 g/mol. The Hall–Kier alpha value is -2.85. The number of hydrogen-bond acceptors (Lipinski definition) is 4. The van der Waals surface area contributed by atoms with E-state index in [4.69, 9.17) is 28.6 Å². The third kappa shape index (κ3) is 4.82. The van der Waals surface area contributed by atoms with E-state index in [1.54, 1.807) is 6.92 Å². The molecule has 0 saturated carbocycles. The summed E-state index contributed by atoms with van der Waals surface area (Å²) in [6.45, 7) is 0.650. The maximum atomic E-state index is 12.7. The lowest BCUT2D eigenvalue weighted by atomic mass is 10.1. The molecule has 2 N–H and O–H groups in total. The van der Waals surface area contributed by atoms with Crippen LogP contribution in [-0.4, -0.2) is 28.2 Å². The van der Waals surface area contributed by atoms with Crippen LogP contribution in [0.4, 0.5) is 18.9 Å². The lowest BCUT2D eigenvalue weighted by Crippen LogP contribution is -2.22. The predicted molar refractivity (Wildman–Crippen MR) is 110 cm³/mol. The van der Waals surface area contributed by atoms with Crippen LogP contribution in [0.3, 0.4) is 0 Å². The van der Waals surface area contributed by atoms with Crippen molar-refractivity contribution in [3.63, 3.8) is 0 Å². The fraction of sp³-hybridized carbons (Fsp3) is 0.211. The number of anilines is 1. The van der Waals surface area contributed by atoms with Gasteiger partial charge in [0.1, 0.15) is 5.75 Å². The number of amides is 1. The first kappa shape index (κ1) is 21.8. The highest BCUT2D eigenvalue weighted by molar-refractivity contribution is 7.71. The molecule has 0 aliphatic carbocycles. The molecular formula is C19H15ClF3N3O3S. The number of nitrogens with zero attached hydrogens (tertiary/aromatic N) is 1. The highest BCUT2D eigenvalue weighted by atomic mass is 35.5. The molecule has 1 heterocycles. The molecule has 3 aromatic rings. The van der Waals surface area contributed by atoms with Crippen LogP contribution in [0.1, 0.15) is 17.3 Å². The molecule has 1 aromatic heterocycles. The van der Waals surface area contributed by atoms with Gasteiger partial charge in [-0.2, -0.15) is 13.2 Å². The molecule has 0 fully saturated rings. The third-order valence-corrected chi connectivity index (χ3v) is 4.70. The Balaban J connectivity index is 1.93. The van der Waals surface area contributed by atoms with Crippen molar-refractivity contribution in [2.45, 2.75) is 19.6 Å². The average Bonchev–Trinajstić information content (AvgIpc) is 2.66. The number of ether oxygens (including phenoxy) is 1. The second-order valence-corrected chi connectivity index (χ2v) is 7.06. The van der Waals surface area contributed by atoms with E-state index in [0.29, 0.717) is 17.4 Å². The zero-order valence-electron chi connectivity index (χ0n) is 15.5. The second kappa shape index (κ2) is 8.49. The average molecular weight is 458 g/mol. The molecule has 6 nitrogen and oxygen atoms in total. The maximum Gasteiger partial charge on any atom is 0.422 e. The smallest absolute Gasteiger partial charge is 0.422 e. The lowest BCUT2D eigenvalue weighted by Gasteiger charge is -2.14. The summed E-state index contributed by atoms with van der Waals surface area (Å²) in [5, 5.41) is 3.03. The van der Waals surface area contributed by atoms with Gasteiger partial charge < -0.3 is 15.0 Å². The molecule has 1 amide bonds. The normalized spacial score (nSPS) is 11.5. The number of alkyl halides is 3. The van der Waals surface area contributed by atoms with Crippen LogP contribution in [0.15, 0.2) is 41.2 Å². The van der Waals surface area contributed by atoms with E-state index >= 15 is 0 Å². The molecule has 2 aromatic carbocycles. The molecule has 0 atom stereocenters. The minimum absolute atomic E-state index is 0.0221. The number of nitrogens with one attached hydrogen (secondary N) is 2. The number of H-pyrrole nitrogens is 1. The van der Waals surface area contributed by atoms with Crippen molar-refractivity contribution in [2.24, 2.45) is 0 Å². The molecule has 0 radical (unpaired) electrons. The van der Waals surface area contributed by atoms with Gasteiger partial charge in [-0.3, -0.25) is 14.2 Å². The summed E-state index contributed by atoms with van der Waals surface area (Å²) in [6, 6.07) is 8.19. The van der Waals surface area contributed by atoms with Crippen LogP contribution < -0.4 is 15.6 Å². The molecule has 0 saturated heterocycles.